The summed E-state index contributed by atoms with van der Waals surface area (Å²) in [4.78, 5) is 12.3. The van der Waals surface area contributed by atoms with Crippen molar-refractivity contribution in [2.75, 3.05) is 0 Å². The molecule has 1 rings (SSSR count). The lowest BCUT2D eigenvalue weighted by molar-refractivity contribution is -0.157. The Kier molecular flexibility index (Phi) is 5.60. The number of carbonyl (C=O) groups is 1. The van der Waals surface area contributed by atoms with Crippen molar-refractivity contribution in [3.63, 3.8) is 0 Å². The second kappa shape index (κ2) is 6.56. The lowest BCUT2D eigenvalue weighted by Crippen LogP contribution is -2.34. The Bertz CT molecular complexity index is 409. The molecule has 0 spiro atoms. The molecule has 0 heterocycles. The van der Waals surface area contributed by atoms with E-state index in [9.17, 15) is 4.79 Å². The van der Waals surface area contributed by atoms with Crippen LogP contribution in [0.3, 0.4) is 0 Å². The van der Waals surface area contributed by atoms with Gasteiger partial charge in [-0.1, -0.05) is 67.0 Å². The molecular weight excluding hydrogens is 304 g/mol. The highest BCUT2D eigenvalue weighted by molar-refractivity contribution is 9.10. The first-order valence-corrected chi connectivity index (χ1v) is 7.46. The van der Waals surface area contributed by atoms with Crippen LogP contribution < -0.4 is 0 Å². The van der Waals surface area contributed by atoms with Crippen LogP contribution in [0.4, 0.5) is 0 Å². The first-order chi connectivity index (χ1) is 8.77. The van der Waals surface area contributed by atoms with E-state index in [1.165, 1.54) is 0 Å². The number of benzene rings is 1. The van der Waals surface area contributed by atoms with Crippen LogP contribution in [0.2, 0.25) is 0 Å². The Morgan fingerprint density at radius 2 is 1.79 bits per heavy atom. The molecule has 0 aliphatic carbocycles. The normalized spacial score (nSPS) is 14.8. The summed E-state index contributed by atoms with van der Waals surface area (Å²) < 4.78 is 5.40. The van der Waals surface area contributed by atoms with Crippen LogP contribution >= 0.6 is 15.9 Å². The molecule has 1 atom stereocenters. The molecule has 0 saturated heterocycles. The topological polar surface area (TPSA) is 26.3 Å². The highest BCUT2D eigenvalue weighted by atomic mass is 79.9. The van der Waals surface area contributed by atoms with Gasteiger partial charge >= 0.3 is 5.97 Å². The van der Waals surface area contributed by atoms with Crippen molar-refractivity contribution in [1.29, 1.82) is 0 Å². The Hall–Kier alpha value is -0.830. The maximum atomic E-state index is 12.3. The summed E-state index contributed by atoms with van der Waals surface area (Å²) in [5.74, 6) is -0.119. The maximum Gasteiger partial charge on any atom is 0.312 e. The monoisotopic (exact) mass is 326 g/mol. The van der Waals surface area contributed by atoms with Crippen molar-refractivity contribution >= 4 is 21.9 Å². The number of rotatable bonds is 6. The molecule has 1 aromatic carbocycles. The van der Waals surface area contributed by atoms with Gasteiger partial charge in [-0.2, -0.15) is 0 Å². The van der Waals surface area contributed by atoms with Gasteiger partial charge in [0.05, 0.1) is 5.41 Å². The maximum absolute atomic E-state index is 12.3. The van der Waals surface area contributed by atoms with Crippen molar-refractivity contribution in [3.05, 3.63) is 35.9 Å². The van der Waals surface area contributed by atoms with Crippen molar-refractivity contribution < 1.29 is 9.53 Å². The second-order valence-electron chi connectivity index (χ2n) is 5.87. The minimum absolute atomic E-state index is 0.0659. The van der Waals surface area contributed by atoms with Crippen LogP contribution in [-0.4, -0.2) is 10.3 Å². The molecule has 0 aliphatic heterocycles. The molecule has 0 fully saturated rings. The molecule has 19 heavy (non-hydrogen) atoms. The van der Waals surface area contributed by atoms with Crippen LogP contribution in [0.1, 0.15) is 46.1 Å². The zero-order valence-electron chi connectivity index (χ0n) is 12.2. The first kappa shape index (κ1) is 16.2. The van der Waals surface area contributed by atoms with E-state index < -0.39 is 5.41 Å². The molecule has 0 amide bonds. The van der Waals surface area contributed by atoms with Crippen molar-refractivity contribution in [3.8, 4) is 0 Å². The fourth-order valence-corrected chi connectivity index (χ4v) is 2.79. The Morgan fingerprint density at radius 3 is 2.26 bits per heavy atom. The SMILES string of the molecule is CCC(C)(CC(C)(C)Br)C(=O)OCc1ccccc1. The summed E-state index contributed by atoms with van der Waals surface area (Å²) in [5.41, 5.74) is 0.578. The second-order valence-corrected chi connectivity index (χ2v) is 8.02. The fourth-order valence-electron chi connectivity index (χ4n) is 2.17. The average molecular weight is 327 g/mol. The lowest BCUT2D eigenvalue weighted by Gasteiger charge is -2.31. The van der Waals surface area contributed by atoms with Crippen LogP contribution in [0.5, 0.6) is 0 Å². The van der Waals surface area contributed by atoms with E-state index in [4.69, 9.17) is 4.74 Å². The number of hydrogen-bond donors (Lipinski definition) is 0. The van der Waals surface area contributed by atoms with E-state index in [0.29, 0.717) is 6.61 Å². The van der Waals surface area contributed by atoms with Gasteiger partial charge in [-0.05, 0) is 25.3 Å². The number of ether oxygens (including phenoxy) is 1. The Balaban J connectivity index is 2.64. The summed E-state index contributed by atoms with van der Waals surface area (Å²) in [6.45, 7) is 8.50. The van der Waals surface area contributed by atoms with E-state index in [1.807, 2.05) is 44.2 Å². The molecule has 0 radical (unpaired) electrons. The van der Waals surface area contributed by atoms with Crippen LogP contribution in [-0.2, 0) is 16.1 Å². The van der Waals surface area contributed by atoms with E-state index in [-0.39, 0.29) is 10.3 Å². The van der Waals surface area contributed by atoms with Gasteiger partial charge in [0.2, 0.25) is 0 Å². The number of hydrogen-bond acceptors (Lipinski definition) is 2. The highest BCUT2D eigenvalue weighted by Gasteiger charge is 2.37. The molecule has 106 valence electrons. The van der Waals surface area contributed by atoms with Gasteiger partial charge in [0.1, 0.15) is 6.61 Å². The number of esters is 1. The average Bonchev–Trinajstić information content (AvgIpc) is 2.35. The Labute approximate surface area is 124 Å². The zero-order chi connectivity index (χ0) is 14.5. The molecule has 0 aromatic heterocycles. The van der Waals surface area contributed by atoms with Gasteiger partial charge in [-0.25, -0.2) is 0 Å². The van der Waals surface area contributed by atoms with E-state index in [0.717, 1.165) is 18.4 Å². The molecule has 0 N–H and O–H groups in total. The standard InChI is InChI=1S/C16H23BrO2/c1-5-16(4,12-15(2,3)17)14(18)19-11-13-9-7-6-8-10-13/h6-10H,5,11-12H2,1-4H3. The van der Waals surface area contributed by atoms with Gasteiger partial charge in [-0.3, -0.25) is 4.79 Å². The predicted octanol–water partition coefficient (Wildman–Crippen LogP) is 4.71. The van der Waals surface area contributed by atoms with E-state index in [2.05, 4.69) is 29.8 Å². The molecule has 3 heteroatoms. The van der Waals surface area contributed by atoms with Gasteiger partial charge in [-0.15, -0.1) is 0 Å². The lowest BCUT2D eigenvalue weighted by atomic mass is 9.79. The van der Waals surface area contributed by atoms with Crippen molar-refractivity contribution in [2.45, 2.75) is 51.5 Å². The third-order valence-corrected chi connectivity index (χ3v) is 3.58. The Morgan fingerprint density at radius 1 is 1.21 bits per heavy atom. The van der Waals surface area contributed by atoms with Crippen LogP contribution in [0.15, 0.2) is 30.3 Å². The van der Waals surface area contributed by atoms with Crippen LogP contribution in [0.25, 0.3) is 0 Å². The summed E-state index contributed by atoms with van der Waals surface area (Å²) in [5, 5.41) is 0. The van der Waals surface area contributed by atoms with Crippen molar-refractivity contribution in [1.82, 2.24) is 0 Å². The van der Waals surface area contributed by atoms with E-state index in [1.54, 1.807) is 0 Å². The van der Waals surface area contributed by atoms with Gasteiger partial charge < -0.3 is 4.74 Å². The summed E-state index contributed by atoms with van der Waals surface area (Å²) in [6.07, 6.45) is 1.53. The predicted molar refractivity (Wildman–Crippen MR) is 82.3 cm³/mol. The first-order valence-electron chi connectivity index (χ1n) is 6.67. The molecular formula is C16H23BrO2. The third-order valence-electron chi connectivity index (χ3n) is 3.30. The number of alkyl halides is 1. The molecule has 2 nitrogen and oxygen atoms in total. The molecule has 1 unspecified atom stereocenters. The number of carbonyl (C=O) groups excluding carboxylic acids is 1. The molecule has 0 aliphatic rings. The molecule has 0 bridgehead atoms. The van der Waals surface area contributed by atoms with Gasteiger partial charge in [0.15, 0.2) is 0 Å². The fraction of sp³-hybridized carbons (Fsp3) is 0.562. The minimum atomic E-state index is -0.443. The number of halogens is 1. The summed E-state index contributed by atoms with van der Waals surface area (Å²) in [6, 6.07) is 9.78. The van der Waals surface area contributed by atoms with Crippen molar-refractivity contribution in [2.24, 2.45) is 5.41 Å². The summed E-state index contributed by atoms with van der Waals surface area (Å²) >= 11 is 3.61. The van der Waals surface area contributed by atoms with Crippen LogP contribution in [0, 0.1) is 5.41 Å². The third kappa shape index (κ3) is 5.35. The van der Waals surface area contributed by atoms with E-state index >= 15 is 0 Å². The quantitative estimate of drug-likeness (QED) is 0.559. The zero-order valence-corrected chi connectivity index (χ0v) is 13.8. The highest BCUT2D eigenvalue weighted by Crippen LogP contribution is 2.37. The van der Waals surface area contributed by atoms with Gasteiger partial charge in [0.25, 0.3) is 0 Å². The largest absolute Gasteiger partial charge is 0.460 e. The van der Waals surface area contributed by atoms with Gasteiger partial charge in [0, 0.05) is 4.32 Å². The summed E-state index contributed by atoms with van der Waals surface area (Å²) in [7, 11) is 0. The smallest absolute Gasteiger partial charge is 0.312 e. The molecule has 0 saturated carbocycles. The minimum Gasteiger partial charge on any atom is -0.460 e. The molecule has 1 aromatic rings.